The van der Waals surface area contributed by atoms with E-state index in [1.165, 1.54) is 25.9 Å². The molecule has 2 heterocycles. The average molecular weight is 363 g/mol. The molecule has 4 rings (SSSR count). The fourth-order valence-electron chi connectivity index (χ4n) is 3.49. The first-order valence-electron chi connectivity index (χ1n) is 9.24. The van der Waals surface area contributed by atoms with Crippen LogP contribution in [0.25, 0.3) is 21.1 Å². The molecular weight excluding hydrogens is 336 g/mol. The van der Waals surface area contributed by atoms with Gasteiger partial charge in [-0.1, -0.05) is 58.9 Å². The van der Waals surface area contributed by atoms with E-state index >= 15 is 0 Å². The lowest BCUT2D eigenvalue weighted by molar-refractivity contribution is 0.430. The highest BCUT2D eigenvalue weighted by Crippen LogP contribution is 2.37. The quantitative estimate of drug-likeness (QED) is 0.368. The van der Waals surface area contributed by atoms with Crippen LogP contribution in [0.5, 0.6) is 0 Å². The summed E-state index contributed by atoms with van der Waals surface area (Å²) in [5.41, 5.74) is 2.49. The zero-order valence-electron chi connectivity index (χ0n) is 16.2. The van der Waals surface area contributed by atoms with Crippen LogP contribution in [-0.2, 0) is 17.3 Å². The van der Waals surface area contributed by atoms with Gasteiger partial charge >= 0.3 is 0 Å². The topological polar surface area (TPSA) is 13.1 Å². The van der Waals surface area contributed by atoms with Crippen molar-refractivity contribution in [3.63, 3.8) is 0 Å². The first kappa shape index (κ1) is 17.4. The van der Waals surface area contributed by atoms with Crippen LogP contribution in [-0.4, -0.2) is 0 Å². The highest BCUT2D eigenvalue weighted by atomic mass is 32.1. The third kappa shape index (κ3) is 3.19. The minimum absolute atomic E-state index is 0.0372. The summed E-state index contributed by atoms with van der Waals surface area (Å²) in [6.45, 7) is 11.3. The van der Waals surface area contributed by atoms with Crippen molar-refractivity contribution in [1.82, 2.24) is 0 Å². The molecule has 0 saturated heterocycles. The van der Waals surface area contributed by atoms with Crippen LogP contribution in [0.4, 0.5) is 0 Å². The fourth-order valence-corrected chi connectivity index (χ4v) is 4.65. The van der Waals surface area contributed by atoms with Gasteiger partial charge in [0.05, 0.1) is 0 Å². The molecule has 0 radical (unpaired) electrons. The average Bonchev–Trinajstić information content (AvgIpc) is 3.18. The molecule has 2 aromatic carbocycles. The second-order valence-corrected chi connectivity index (χ2v) is 10.0. The van der Waals surface area contributed by atoms with Crippen LogP contribution < -0.4 is 0 Å². The van der Waals surface area contributed by atoms with E-state index in [1.54, 1.807) is 0 Å². The first-order valence-corrected chi connectivity index (χ1v) is 10.1. The summed E-state index contributed by atoms with van der Waals surface area (Å²) in [5, 5.41) is 2.56. The molecule has 4 aromatic rings. The summed E-state index contributed by atoms with van der Waals surface area (Å²) >= 11 is 1.92. The smallest absolute Gasteiger partial charge is 0.134 e. The Bertz CT molecular complexity index is 1040. The van der Waals surface area contributed by atoms with E-state index < -0.39 is 0 Å². The maximum absolute atomic E-state index is 6.04. The van der Waals surface area contributed by atoms with Crippen LogP contribution in [0, 0.1) is 0 Å². The van der Waals surface area contributed by atoms with E-state index in [1.807, 2.05) is 11.3 Å². The number of furan rings is 1. The summed E-state index contributed by atoms with van der Waals surface area (Å²) in [4.78, 5) is 1.45. The van der Waals surface area contributed by atoms with Crippen LogP contribution >= 0.6 is 11.3 Å². The third-order valence-electron chi connectivity index (χ3n) is 5.06. The number of thiophene rings is 1. The van der Waals surface area contributed by atoms with E-state index in [0.717, 1.165) is 17.8 Å². The van der Waals surface area contributed by atoms with Gasteiger partial charge in [-0.2, -0.15) is 0 Å². The summed E-state index contributed by atoms with van der Waals surface area (Å²) in [6.07, 6.45) is 1.02. The minimum atomic E-state index is 0.0372. The molecule has 1 nitrogen and oxygen atoms in total. The first-order chi connectivity index (χ1) is 12.2. The van der Waals surface area contributed by atoms with E-state index in [-0.39, 0.29) is 10.8 Å². The monoisotopic (exact) mass is 362 g/mol. The third-order valence-corrected chi connectivity index (χ3v) is 6.54. The van der Waals surface area contributed by atoms with Gasteiger partial charge in [0.15, 0.2) is 0 Å². The highest BCUT2D eigenvalue weighted by Gasteiger charge is 2.24. The molecule has 0 unspecified atom stereocenters. The predicted octanol–water partition coefficient (Wildman–Crippen LogP) is 7.47. The molecule has 26 heavy (non-hydrogen) atoms. The Morgan fingerprint density at radius 3 is 2.35 bits per heavy atom. The second-order valence-electron chi connectivity index (χ2n) is 8.94. The lowest BCUT2D eigenvalue weighted by Crippen LogP contribution is -2.18. The van der Waals surface area contributed by atoms with Crippen molar-refractivity contribution < 1.29 is 4.42 Å². The molecule has 0 fully saturated rings. The second kappa shape index (κ2) is 5.99. The van der Waals surface area contributed by atoms with Crippen molar-refractivity contribution in [2.75, 3.05) is 0 Å². The summed E-state index contributed by atoms with van der Waals surface area (Å²) in [6, 6.07) is 19.8. The zero-order chi connectivity index (χ0) is 18.5. The Labute approximate surface area is 159 Å². The number of hydrogen-bond donors (Lipinski definition) is 0. The van der Waals surface area contributed by atoms with Gasteiger partial charge in [-0.15, -0.1) is 11.3 Å². The minimum Gasteiger partial charge on any atom is -0.461 e. The van der Waals surface area contributed by atoms with Crippen LogP contribution in [0.1, 0.15) is 50.8 Å². The van der Waals surface area contributed by atoms with Crippen LogP contribution in [0.2, 0.25) is 0 Å². The largest absolute Gasteiger partial charge is 0.461 e. The maximum Gasteiger partial charge on any atom is 0.134 e. The van der Waals surface area contributed by atoms with Crippen molar-refractivity contribution in [1.29, 1.82) is 0 Å². The number of hydrogen-bond acceptors (Lipinski definition) is 2. The SMILES string of the molecule is CC(C)(C)c1cc2cc(CC(C)(C)c3cc4ccccc4s3)ccc2o1. The Morgan fingerprint density at radius 1 is 0.846 bits per heavy atom. The molecule has 2 heteroatoms. The molecule has 0 aliphatic rings. The molecular formula is C24H26OS. The standard InChI is InChI=1S/C24H26OS/c1-23(2,3)21-13-18-12-16(10-11-19(18)25-21)15-24(4,5)22-14-17-8-6-7-9-20(17)26-22/h6-14H,15H2,1-5H3. The molecule has 0 bridgehead atoms. The van der Waals surface area contributed by atoms with Crippen molar-refractivity contribution in [3.8, 4) is 0 Å². The number of fused-ring (bicyclic) bond motifs is 2. The highest BCUT2D eigenvalue weighted by molar-refractivity contribution is 7.19. The molecule has 0 aliphatic carbocycles. The Balaban J connectivity index is 1.66. The lowest BCUT2D eigenvalue weighted by atomic mass is 9.84. The van der Waals surface area contributed by atoms with E-state index in [2.05, 4.69) is 89.2 Å². The van der Waals surface area contributed by atoms with E-state index in [4.69, 9.17) is 4.42 Å². The van der Waals surface area contributed by atoms with E-state index in [0.29, 0.717) is 0 Å². The zero-order valence-corrected chi connectivity index (χ0v) is 17.0. The van der Waals surface area contributed by atoms with Crippen molar-refractivity contribution in [3.05, 3.63) is 70.8 Å². The van der Waals surface area contributed by atoms with Gasteiger partial charge in [-0.25, -0.2) is 0 Å². The lowest BCUT2D eigenvalue weighted by Gasteiger charge is -2.23. The van der Waals surface area contributed by atoms with Crippen molar-refractivity contribution in [2.45, 2.75) is 51.9 Å². The van der Waals surface area contributed by atoms with Crippen LogP contribution in [0.15, 0.2) is 59.0 Å². The molecule has 2 aromatic heterocycles. The molecule has 0 amide bonds. The Kier molecular flexibility index (Phi) is 4.00. The van der Waals surface area contributed by atoms with E-state index in [9.17, 15) is 0 Å². The number of rotatable bonds is 3. The Morgan fingerprint density at radius 2 is 1.62 bits per heavy atom. The summed E-state index contributed by atoms with van der Waals surface area (Å²) in [7, 11) is 0. The van der Waals surface area contributed by atoms with Crippen molar-refractivity contribution in [2.24, 2.45) is 0 Å². The summed E-state index contributed by atoms with van der Waals surface area (Å²) < 4.78 is 7.42. The molecule has 0 saturated carbocycles. The van der Waals surface area contributed by atoms with Gasteiger partial charge in [-0.05, 0) is 47.7 Å². The molecule has 0 N–H and O–H groups in total. The number of benzene rings is 2. The van der Waals surface area contributed by atoms with Gasteiger partial charge in [0.25, 0.3) is 0 Å². The molecule has 0 spiro atoms. The van der Waals surface area contributed by atoms with Gasteiger partial charge < -0.3 is 4.42 Å². The molecule has 0 aliphatic heterocycles. The van der Waals surface area contributed by atoms with Gasteiger partial charge in [0.1, 0.15) is 11.3 Å². The Hall–Kier alpha value is -2.06. The molecule has 134 valence electrons. The van der Waals surface area contributed by atoms with Gasteiger partial charge in [0, 0.05) is 25.8 Å². The normalized spacial score (nSPS) is 13.0. The van der Waals surface area contributed by atoms with Crippen molar-refractivity contribution >= 4 is 32.4 Å². The summed E-state index contributed by atoms with van der Waals surface area (Å²) in [5.74, 6) is 1.05. The van der Waals surface area contributed by atoms with Gasteiger partial charge in [0.2, 0.25) is 0 Å². The fraction of sp³-hybridized carbons (Fsp3) is 0.333. The predicted molar refractivity (Wildman–Crippen MR) is 113 cm³/mol. The van der Waals surface area contributed by atoms with Gasteiger partial charge in [-0.3, -0.25) is 0 Å². The maximum atomic E-state index is 6.04. The van der Waals surface area contributed by atoms with Crippen LogP contribution in [0.3, 0.4) is 0 Å². The molecule has 0 atom stereocenters.